The fraction of sp³-hybridized carbons (Fsp3) is 0.286. The van der Waals surface area contributed by atoms with Gasteiger partial charge >= 0.3 is 5.97 Å². The third-order valence-corrected chi connectivity index (χ3v) is 5.64. The van der Waals surface area contributed by atoms with Crippen molar-refractivity contribution in [2.24, 2.45) is 0 Å². The SMILES string of the molecule is COC(=O)C1(NC(C)=O)CC2(C#N)c3ccccc3C1c1ccccc12. The average molecular weight is 346 g/mol. The van der Waals surface area contributed by atoms with Crippen molar-refractivity contribution in [3.05, 3.63) is 70.8 Å². The van der Waals surface area contributed by atoms with Gasteiger partial charge in [-0.15, -0.1) is 0 Å². The fourth-order valence-electron chi connectivity index (χ4n) is 4.84. The Morgan fingerprint density at radius 2 is 1.65 bits per heavy atom. The Balaban J connectivity index is 2.12. The van der Waals surface area contributed by atoms with Crippen LogP contribution >= 0.6 is 0 Å². The standard InChI is InChI=1S/C21H18N2O3/c1-13(24)23-21(19(25)26-2)11-20(12-22)16-9-5-3-7-14(16)18(21)15-8-4-6-10-17(15)20/h3-10,18H,11H2,1-2H3,(H,23,24). The van der Waals surface area contributed by atoms with Crippen molar-refractivity contribution in [2.75, 3.05) is 7.11 Å². The third-order valence-electron chi connectivity index (χ3n) is 5.64. The summed E-state index contributed by atoms with van der Waals surface area (Å²) in [6, 6.07) is 17.8. The number of esters is 1. The summed E-state index contributed by atoms with van der Waals surface area (Å²) >= 11 is 0. The van der Waals surface area contributed by atoms with Crippen LogP contribution in [0, 0.1) is 11.3 Å². The van der Waals surface area contributed by atoms with Gasteiger partial charge in [-0.25, -0.2) is 4.79 Å². The first-order valence-electron chi connectivity index (χ1n) is 8.47. The Kier molecular flexibility index (Phi) is 3.42. The predicted molar refractivity (Wildman–Crippen MR) is 94.3 cm³/mol. The topological polar surface area (TPSA) is 79.2 Å². The summed E-state index contributed by atoms with van der Waals surface area (Å²) < 4.78 is 5.10. The van der Waals surface area contributed by atoms with Gasteiger partial charge in [0.2, 0.25) is 5.91 Å². The molecule has 1 atom stereocenters. The second-order valence-electron chi connectivity index (χ2n) is 6.95. The van der Waals surface area contributed by atoms with Crippen LogP contribution in [0.5, 0.6) is 0 Å². The zero-order valence-corrected chi connectivity index (χ0v) is 14.6. The summed E-state index contributed by atoms with van der Waals surface area (Å²) in [7, 11) is 1.31. The number of nitrogens with zero attached hydrogens (tertiary/aromatic N) is 1. The van der Waals surface area contributed by atoms with Crippen LogP contribution in [0.4, 0.5) is 0 Å². The number of rotatable bonds is 2. The van der Waals surface area contributed by atoms with Crippen LogP contribution in [0.2, 0.25) is 0 Å². The van der Waals surface area contributed by atoms with E-state index in [1.165, 1.54) is 14.0 Å². The molecule has 5 nitrogen and oxygen atoms in total. The van der Waals surface area contributed by atoms with Crippen LogP contribution in [0.1, 0.15) is 41.5 Å². The van der Waals surface area contributed by atoms with E-state index in [9.17, 15) is 14.9 Å². The van der Waals surface area contributed by atoms with Gasteiger partial charge in [-0.1, -0.05) is 48.5 Å². The fourth-order valence-corrected chi connectivity index (χ4v) is 4.84. The molecular formula is C21H18N2O3. The zero-order chi connectivity index (χ0) is 18.5. The molecule has 3 aliphatic carbocycles. The van der Waals surface area contributed by atoms with Gasteiger partial charge < -0.3 is 10.1 Å². The summed E-state index contributed by atoms with van der Waals surface area (Å²) in [6.45, 7) is 1.38. The van der Waals surface area contributed by atoms with E-state index in [1.54, 1.807) is 0 Å². The molecule has 5 rings (SSSR count). The van der Waals surface area contributed by atoms with E-state index in [2.05, 4.69) is 11.4 Å². The highest BCUT2D eigenvalue weighted by Gasteiger charge is 2.64. The van der Waals surface area contributed by atoms with E-state index in [4.69, 9.17) is 4.74 Å². The minimum absolute atomic E-state index is 0.154. The molecular weight excluding hydrogens is 328 g/mol. The van der Waals surface area contributed by atoms with Gasteiger partial charge in [0.05, 0.1) is 13.2 Å². The van der Waals surface area contributed by atoms with E-state index in [0.29, 0.717) is 0 Å². The van der Waals surface area contributed by atoms with Crippen molar-refractivity contribution in [2.45, 2.75) is 30.2 Å². The van der Waals surface area contributed by atoms with Gasteiger partial charge in [0, 0.05) is 19.3 Å². The summed E-state index contributed by atoms with van der Waals surface area (Å²) in [6.07, 6.45) is 0.154. The Bertz CT molecular complexity index is 928. The minimum Gasteiger partial charge on any atom is -0.467 e. The first-order valence-corrected chi connectivity index (χ1v) is 8.47. The van der Waals surface area contributed by atoms with Crippen LogP contribution in [-0.2, 0) is 19.7 Å². The number of hydrogen-bond acceptors (Lipinski definition) is 4. The predicted octanol–water partition coefficient (Wildman–Crippen LogP) is 2.39. The van der Waals surface area contributed by atoms with Crippen molar-refractivity contribution in [1.82, 2.24) is 5.32 Å². The van der Waals surface area contributed by atoms with Gasteiger partial charge in [-0.05, 0) is 22.3 Å². The van der Waals surface area contributed by atoms with Crippen LogP contribution < -0.4 is 5.32 Å². The van der Waals surface area contributed by atoms with E-state index in [0.717, 1.165) is 22.3 Å². The molecule has 5 heteroatoms. The third kappa shape index (κ3) is 1.84. The number of carbonyl (C=O) groups is 2. The highest BCUT2D eigenvalue weighted by Crippen LogP contribution is 2.60. The molecule has 0 saturated heterocycles. The lowest BCUT2D eigenvalue weighted by atomic mass is 9.49. The molecule has 0 spiro atoms. The van der Waals surface area contributed by atoms with Gasteiger partial charge in [0.15, 0.2) is 5.54 Å². The molecule has 2 aromatic rings. The summed E-state index contributed by atoms with van der Waals surface area (Å²) in [4.78, 5) is 25.0. The smallest absolute Gasteiger partial charge is 0.332 e. The van der Waals surface area contributed by atoms with Crippen LogP contribution in [0.25, 0.3) is 0 Å². The number of methoxy groups -OCH3 is 1. The maximum Gasteiger partial charge on any atom is 0.332 e. The molecule has 0 aromatic heterocycles. The Morgan fingerprint density at radius 1 is 1.12 bits per heavy atom. The molecule has 0 fully saturated rings. The molecule has 3 aliphatic rings. The maximum absolute atomic E-state index is 12.9. The number of nitrogens with one attached hydrogen (secondary N) is 1. The molecule has 1 N–H and O–H groups in total. The molecule has 0 radical (unpaired) electrons. The molecule has 1 unspecified atom stereocenters. The van der Waals surface area contributed by atoms with Gasteiger partial charge in [-0.2, -0.15) is 5.26 Å². The molecule has 1 amide bonds. The van der Waals surface area contributed by atoms with Crippen molar-refractivity contribution in [1.29, 1.82) is 5.26 Å². The highest BCUT2D eigenvalue weighted by atomic mass is 16.5. The number of amides is 1. The van der Waals surface area contributed by atoms with E-state index < -0.39 is 22.8 Å². The van der Waals surface area contributed by atoms with Crippen molar-refractivity contribution in [3.63, 3.8) is 0 Å². The van der Waals surface area contributed by atoms with Crippen molar-refractivity contribution < 1.29 is 14.3 Å². The van der Waals surface area contributed by atoms with Crippen molar-refractivity contribution >= 4 is 11.9 Å². The van der Waals surface area contributed by atoms with E-state index in [-0.39, 0.29) is 12.3 Å². The van der Waals surface area contributed by atoms with Crippen LogP contribution in [0.3, 0.4) is 0 Å². The Hall–Kier alpha value is -3.13. The lowest BCUT2D eigenvalue weighted by Gasteiger charge is -2.54. The van der Waals surface area contributed by atoms with Gasteiger partial charge in [0.1, 0.15) is 5.41 Å². The first-order chi connectivity index (χ1) is 12.5. The number of fused-ring (bicyclic) bond motifs is 1. The monoisotopic (exact) mass is 346 g/mol. The largest absolute Gasteiger partial charge is 0.467 e. The molecule has 2 bridgehead atoms. The Labute approximate surface area is 151 Å². The number of benzene rings is 2. The van der Waals surface area contributed by atoms with Gasteiger partial charge in [-0.3, -0.25) is 4.79 Å². The number of carbonyl (C=O) groups excluding carboxylic acids is 2. The summed E-state index contributed by atoms with van der Waals surface area (Å²) in [5.74, 6) is -1.26. The quantitative estimate of drug-likeness (QED) is 0.847. The second kappa shape index (κ2) is 5.43. The molecule has 0 aliphatic heterocycles. The van der Waals surface area contributed by atoms with E-state index in [1.807, 2.05) is 48.5 Å². The van der Waals surface area contributed by atoms with E-state index >= 15 is 0 Å². The molecule has 2 aromatic carbocycles. The highest BCUT2D eigenvalue weighted by molar-refractivity contribution is 5.92. The van der Waals surface area contributed by atoms with Crippen LogP contribution in [0.15, 0.2) is 48.5 Å². The maximum atomic E-state index is 12.9. The average Bonchev–Trinajstić information content (AvgIpc) is 2.66. The lowest BCUT2D eigenvalue weighted by Crippen LogP contribution is -2.66. The number of nitriles is 1. The zero-order valence-electron chi connectivity index (χ0n) is 14.6. The Morgan fingerprint density at radius 3 is 2.12 bits per heavy atom. The summed E-state index contributed by atoms with van der Waals surface area (Å²) in [5, 5.41) is 13.1. The normalized spacial score (nSPS) is 27.7. The second-order valence-corrected chi connectivity index (χ2v) is 6.95. The molecule has 26 heavy (non-hydrogen) atoms. The molecule has 0 saturated carbocycles. The van der Waals surface area contributed by atoms with Gasteiger partial charge in [0.25, 0.3) is 0 Å². The minimum atomic E-state index is -1.31. The van der Waals surface area contributed by atoms with Crippen molar-refractivity contribution in [3.8, 4) is 6.07 Å². The number of ether oxygens (including phenoxy) is 1. The number of hydrogen-bond donors (Lipinski definition) is 1. The lowest BCUT2D eigenvalue weighted by molar-refractivity contribution is -0.153. The molecule has 0 heterocycles. The molecule has 130 valence electrons. The van der Waals surface area contributed by atoms with Crippen LogP contribution in [-0.4, -0.2) is 24.5 Å². The first kappa shape index (κ1) is 16.3. The summed E-state index contributed by atoms with van der Waals surface area (Å²) in [5.41, 5.74) is 1.25.